The summed E-state index contributed by atoms with van der Waals surface area (Å²) in [5.41, 5.74) is 2.06. The summed E-state index contributed by atoms with van der Waals surface area (Å²) in [5, 5.41) is 4.36. The van der Waals surface area contributed by atoms with E-state index in [1.807, 2.05) is 23.6 Å². The van der Waals surface area contributed by atoms with Crippen molar-refractivity contribution in [1.29, 1.82) is 0 Å². The molecular formula is C12H18BrN3O. The summed E-state index contributed by atoms with van der Waals surface area (Å²) in [4.78, 5) is 13.9. The van der Waals surface area contributed by atoms with Gasteiger partial charge in [0.2, 0.25) is 5.91 Å². The van der Waals surface area contributed by atoms with Gasteiger partial charge >= 0.3 is 0 Å². The molecule has 0 bridgehead atoms. The van der Waals surface area contributed by atoms with Crippen molar-refractivity contribution in [1.82, 2.24) is 14.7 Å². The highest BCUT2D eigenvalue weighted by atomic mass is 79.9. The first-order valence-electron chi connectivity index (χ1n) is 6.05. The first kappa shape index (κ1) is 12.6. The minimum absolute atomic E-state index is 0.272. The van der Waals surface area contributed by atoms with E-state index < -0.39 is 0 Å². The Hall–Kier alpha value is -0.840. The number of hydrogen-bond donors (Lipinski definition) is 0. The van der Waals surface area contributed by atoms with Crippen LogP contribution in [0.15, 0.2) is 4.47 Å². The standard InChI is InChI=1S/C12H18BrN3O/c1-9-12(13)10(15(2)14-9)8-16-7-5-3-4-6-11(16)17/h3-8H2,1-2H3. The number of likely N-dealkylation sites (tertiary alicyclic amines) is 1. The Bertz CT molecular complexity index is 428. The molecule has 5 heteroatoms. The third-order valence-electron chi connectivity index (χ3n) is 3.27. The van der Waals surface area contributed by atoms with Gasteiger partial charge in [-0.15, -0.1) is 0 Å². The van der Waals surface area contributed by atoms with Crippen LogP contribution in [0.2, 0.25) is 0 Å². The lowest BCUT2D eigenvalue weighted by Crippen LogP contribution is -2.30. The van der Waals surface area contributed by atoms with Crippen molar-refractivity contribution in [2.75, 3.05) is 6.54 Å². The minimum atomic E-state index is 0.272. The van der Waals surface area contributed by atoms with Crippen LogP contribution in [-0.4, -0.2) is 27.1 Å². The molecule has 0 aliphatic carbocycles. The van der Waals surface area contributed by atoms with E-state index in [-0.39, 0.29) is 5.91 Å². The monoisotopic (exact) mass is 299 g/mol. The molecule has 17 heavy (non-hydrogen) atoms. The number of carbonyl (C=O) groups excluding carboxylic acids is 1. The molecule has 2 rings (SSSR count). The van der Waals surface area contributed by atoms with E-state index in [2.05, 4.69) is 21.0 Å². The van der Waals surface area contributed by atoms with Crippen molar-refractivity contribution in [3.8, 4) is 0 Å². The highest BCUT2D eigenvalue weighted by Gasteiger charge is 2.20. The fourth-order valence-corrected chi connectivity index (χ4v) is 2.70. The molecule has 1 aromatic heterocycles. The maximum Gasteiger partial charge on any atom is 0.222 e. The van der Waals surface area contributed by atoms with Crippen LogP contribution in [-0.2, 0) is 18.4 Å². The molecule has 0 saturated carbocycles. The molecule has 4 nitrogen and oxygen atoms in total. The number of hydrogen-bond acceptors (Lipinski definition) is 2. The average Bonchev–Trinajstić information content (AvgIpc) is 2.45. The number of nitrogens with zero attached hydrogens (tertiary/aromatic N) is 3. The number of aromatic nitrogens is 2. The summed E-state index contributed by atoms with van der Waals surface area (Å²) in [5.74, 6) is 0.272. The Morgan fingerprint density at radius 1 is 1.35 bits per heavy atom. The Balaban J connectivity index is 2.16. The summed E-state index contributed by atoms with van der Waals surface area (Å²) in [6.45, 7) is 3.50. The molecule has 1 aliphatic rings. The summed E-state index contributed by atoms with van der Waals surface area (Å²) < 4.78 is 2.88. The second-order valence-corrected chi connectivity index (χ2v) is 5.39. The van der Waals surface area contributed by atoms with E-state index >= 15 is 0 Å². The molecule has 0 atom stereocenters. The van der Waals surface area contributed by atoms with Gasteiger partial charge in [0.05, 0.1) is 22.4 Å². The lowest BCUT2D eigenvalue weighted by molar-refractivity contribution is -0.131. The maximum atomic E-state index is 11.9. The van der Waals surface area contributed by atoms with Crippen LogP contribution in [0.1, 0.15) is 37.1 Å². The van der Waals surface area contributed by atoms with Gasteiger partial charge in [-0.25, -0.2) is 0 Å². The maximum absolute atomic E-state index is 11.9. The van der Waals surface area contributed by atoms with Crippen molar-refractivity contribution in [2.24, 2.45) is 7.05 Å². The Labute approximate surface area is 110 Å². The number of amides is 1. The van der Waals surface area contributed by atoms with Crippen molar-refractivity contribution in [3.63, 3.8) is 0 Å². The van der Waals surface area contributed by atoms with E-state index in [4.69, 9.17) is 0 Å². The van der Waals surface area contributed by atoms with Gasteiger partial charge < -0.3 is 4.90 Å². The molecule has 1 aromatic rings. The van der Waals surface area contributed by atoms with E-state index in [9.17, 15) is 4.79 Å². The van der Waals surface area contributed by atoms with Crippen molar-refractivity contribution in [2.45, 2.75) is 39.2 Å². The van der Waals surface area contributed by atoms with Gasteiger partial charge in [0, 0.05) is 20.0 Å². The summed E-state index contributed by atoms with van der Waals surface area (Å²) in [7, 11) is 1.93. The summed E-state index contributed by atoms with van der Waals surface area (Å²) in [6.07, 6.45) is 3.99. The molecule has 0 N–H and O–H groups in total. The zero-order valence-electron chi connectivity index (χ0n) is 10.4. The SMILES string of the molecule is Cc1nn(C)c(CN2CCCCCC2=O)c1Br. The third-order valence-corrected chi connectivity index (χ3v) is 4.31. The largest absolute Gasteiger partial charge is 0.337 e. The van der Waals surface area contributed by atoms with Crippen LogP contribution in [0.5, 0.6) is 0 Å². The molecule has 0 unspecified atom stereocenters. The average molecular weight is 300 g/mol. The van der Waals surface area contributed by atoms with Crippen LogP contribution in [0.25, 0.3) is 0 Å². The number of rotatable bonds is 2. The summed E-state index contributed by atoms with van der Waals surface area (Å²) >= 11 is 3.55. The molecule has 1 amide bonds. The highest BCUT2D eigenvalue weighted by Crippen LogP contribution is 2.23. The Morgan fingerprint density at radius 3 is 2.76 bits per heavy atom. The molecule has 1 aliphatic heterocycles. The van der Waals surface area contributed by atoms with Crippen LogP contribution in [0.3, 0.4) is 0 Å². The van der Waals surface area contributed by atoms with Crippen LogP contribution >= 0.6 is 15.9 Å². The predicted molar refractivity (Wildman–Crippen MR) is 69.5 cm³/mol. The van der Waals surface area contributed by atoms with Crippen LogP contribution < -0.4 is 0 Å². The van der Waals surface area contributed by atoms with Crippen molar-refractivity contribution < 1.29 is 4.79 Å². The second-order valence-electron chi connectivity index (χ2n) is 4.60. The zero-order valence-corrected chi connectivity index (χ0v) is 12.0. The summed E-state index contributed by atoms with van der Waals surface area (Å²) in [6, 6.07) is 0. The Morgan fingerprint density at radius 2 is 2.12 bits per heavy atom. The van der Waals surface area contributed by atoms with E-state index in [0.717, 1.165) is 41.7 Å². The molecule has 94 valence electrons. The Kier molecular flexibility index (Phi) is 3.86. The molecule has 2 heterocycles. The number of halogens is 1. The predicted octanol–water partition coefficient (Wildman–Crippen LogP) is 2.39. The molecule has 1 fully saturated rings. The first-order chi connectivity index (χ1) is 8.09. The van der Waals surface area contributed by atoms with Gasteiger partial charge in [-0.3, -0.25) is 9.48 Å². The number of carbonyl (C=O) groups is 1. The topological polar surface area (TPSA) is 38.1 Å². The minimum Gasteiger partial charge on any atom is -0.337 e. The quantitative estimate of drug-likeness (QED) is 0.841. The lowest BCUT2D eigenvalue weighted by Gasteiger charge is -2.20. The van der Waals surface area contributed by atoms with E-state index in [1.54, 1.807) is 0 Å². The molecule has 0 spiro atoms. The van der Waals surface area contributed by atoms with Gasteiger partial charge in [-0.1, -0.05) is 6.42 Å². The van der Waals surface area contributed by atoms with Gasteiger partial charge in [0.25, 0.3) is 0 Å². The highest BCUT2D eigenvalue weighted by molar-refractivity contribution is 9.10. The molecule has 0 aromatic carbocycles. The van der Waals surface area contributed by atoms with Crippen molar-refractivity contribution in [3.05, 3.63) is 15.9 Å². The van der Waals surface area contributed by atoms with Crippen molar-refractivity contribution >= 4 is 21.8 Å². The normalized spacial score (nSPS) is 17.4. The lowest BCUT2D eigenvalue weighted by atomic mass is 10.2. The van der Waals surface area contributed by atoms with Gasteiger partial charge in [0.1, 0.15) is 0 Å². The fourth-order valence-electron chi connectivity index (χ4n) is 2.24. The molecule has 0 radical (unpaired) electrons. The smallest absolute Gasteiger partial charge is 0.222 e. The van der Waals surface area contributed by atoms with E-state index in [0.29, 0.717) is 13.0 Å². The van der Waals surface area contributed by atoms with Gasteiger partial charge in [-0.2, -0.15) is 5.10 Å². The molecule has 1 saturated heterocycles. The third kappa shape index (κ3) is 2.70. The van der Waals surface area contributed by atoms with E-state index in [1.165, 1.54) is 0 Å². The second kappa shape index (κ2) is 5.21. The van der Waals surface area contributed by atoms with Gasteiger partial charge in [-0.05, 0) is 35.7 Å². The zero-order chi connectivity index (χ0) is 12.4. The number of aryl methyl sites for hydroxylation is 2. The first-order valence-corrected chi connectivity index (χ1v) is 6.84. The molecular weight excluding hydrogens is 282 g/mol. The van der Waals surface area contributed by atoms with Gasteiger partial charge in [0.15, 0.2) is 0 Å². The fraction of sp³-hybridized carbons (Fsp3) is 0.667. The van der Waals surface area contributed by atoms with Crippen LogP contribution in [0.4, 0.5) is 0 Å². The van der Waals surface area contributed by atoms with Crippen LogP contribution in [0, 0.1) is 6.92 Å².